The number of benzene rings is 1. The topological polar surface area (TPSA) is 66.9 Å². The fourth-order valence-corrected chi connectivity index (χ4v) is 6.14. The lowest BCUT2D eigenvalue weighted by Gasteiger charge is -2.27. The highest BCUT2D eigenvalue weighted by atomic mass is 32.2. The first-order valence-corrected chi connectivity index (χ1v) is 14.6. The second-order valence-corrected chi connectivity index (χ2v) is 12.1. The number of unbranched alkanes of at least 4 members (excludes halogenated alkanes) is 5. The van der Waals surface area contributed by atoms with Crippen molar-refractivity contribution in [2.24, 2.45) is 0 Å². The molecule has 0 spiro atoms. The van der Waals surface area contributed by atoms with E-state index in [1.165, 1.54) is 15.6 Å². The van der Waals surface area contributed by atoms with Crippen LogP contribution in [0, 0.1) is 6.92 Å². The molecule has 0 aliphatic carbocycles. The molecule has 0 saturated heterocycles. The summed E-state index contributed by atoms with van der Waals surface area (Å²) in [7, 11) is -2.01. The lowest BCUT2D eigenvalue weighted by Crippen LogP contribution is -2.44. The van der Waals surface area contributed by atoms with E-state index in [-0.39, 0.29) is 31.4 Å². The molecule has 1 aromatic carbocycles. The molecule has 34 heavy (non-hydrogen) atoms. The van der Waals surface area contributed by atoms with Gasteiger partial charge in [0, 0.05) is 30.0 Å². The lowest BCUT2D eigenvalue weighted by atomic mass is 10.1. The number of sulfonamides is 1. The third-order valence-electron chi connectivity index (χ3n) is 5.72. The SMILES string of the molecule is CCCCCCCCS(=O)(=O)N(CCOC)CC(=O)N(Cc1ccccc1)Cc1ccc(C)s1. The first-order valence-electron chi connectivity index (χ1n) is 12.2. The molecule has 0 aliphatic rings. The Morgan fingerprint density at radius 1 is 0.971 bits per heavy atom. The Hall–Kier alpha value is -1.74. The minimum atomic E-state index is -3.55. The number of carbonyl (C=O) groups excluding carboxylic acids is 1. The van der Waals surface area contributed by atoms with E-state index in [9.17, 15) is 13.2 Å². The number of thiophene rings is 1. The van der Waals surface area contributed by atoms with Crippen LogP contribution in [0.3, 0.4) is 0 Å². The molecule has 0 radical (unpaired) electrons. The maximum absolute atomic E-state index is 13.4. The van der Waals surface area contributed by atoms with E-state index >= 15 is 0 Å². The van der Waals surface area contributed by atoms with Gasteiger partial charge in [0.15, 0.2) is 0 Å². The summed E-state index contributed by atoms with van der Waals surface area (Å²) in [5.41, 5.74) is 1.02. The summed E-state index contributed by atoms with van der Waals surface area (Å²) in [6.45, 7) is 5.37. The van der Waals surface area contributed by atoms with Crippen molar-refractivity contribution in [1.29, 1.82) is 0 Å². The third kappa shape index (κ3) is 10.3. The zero-order valence-electron chi connectivity index (χ0n) is 20.9. The van der Waals surface area contributed by atoms with E-state index in [2.05, 4.69) is 6.92 Å². The number of hydrogen-bond donors (Lipinski definition) is 0. The molecule has 0 N–H and O–H groups in total. The van der Waals surface area contributed by atoms with Gasteiger partial charge < -0.3 is 9.64 Å². The van der Waals surface area contributed by atoms with Crippen molar-refractivity contribution in [1.82, 2.24) is 9.21 Å². The minimum Gasteiger partial charge on any atom is -0.383 e. The Morgan fingerprint density at radius 2 is 1.68 bits per heavy atom. The number of rotatable bonds is 17. The molecule has 0 aliphatic heterocycles. The van der Waals surface area contributed by atoms with E-state index in [0.717, 1.165) is 36.1 Å². The molecule has 1 aromatic heterocycles. The van der Waals surface area contributed by atoms with Crippen molar-refractivity contribution in [3.05, 3.63) is 57.8 Å². The number of amides is 1. The van der Waals surface area contributed by atoms with Crippen LogP contribution in [0.15, 0.2) is 42.5 Å². The maximum Gasteiger partial charge on any atom is 0.238 e. The third-order valence-corrected chi connectivity index (χ3v) is 8.61. The predicted molar refractivity (Wildman–Crippen MR) is 140 cm³/mol. The summed E-state index contributed by atoms with van der Waals surface area (Å²) < 4.78 is 32.7. The second kappa shape index (κ2) is 15.3. The number of hydrogen-bond acceptors (Lipinski definition) is 5. The van der Waals surface area contributed by atoms with E-state index in [0.29, 0.717) is 19.5 Å². The van der Waals surface area contributed by atoms with Crippen LogP contribution in [-0.4, -0.2) is 56.1 Å². The summed E-state index contributed by atoms with van der Waals surface area (Å²) in [5, 5.41) is 0. The number of aryl methyl sites for hydroxylation is 1. The molecule has 8 heteroatoms. The molecular weight excluding hydrogens is 468 g/mol. The zero-order valence-corrected chi connectivity index (χ0v) is 22.5. The largest absolute Gasteiger partial charge is 0.383 e. The van der Waals surface area contributed by atoms with Crippen LogP contribution in [0.4, 0.5) is 0 Å². The smallest absolute Gasteiger partial charge is 0.238 e. The lowest BCUT2D eigenvalue weighted by molar-refractivity contribution is -0.132. The highest BCUT2D eigenvalue weighted by Gasteiger charge is 2.27. The van der Waals surface area contributed by atoms with Crippen molar-refractivity contribution >= 4 is 27.3 Å². The normalized spacial score (nSPS) is 11.8. The highest BCUT2D eigenvalue weighted by Crippen LogP contribution is 2.19. The Morgan fingerprint density at radius 3 is 2.32 bits per heavy atom. The van der Waals surface area contributed by atoms with Crippen LogP contribution in [0.5, 0.6) is 0 Å². The van der Waals surface area contributed by atoms with E-state index in [1.807, 2.05) is 49.4 Å². The predicted octanol–water partition coefficient (Wildman–Crippen LogP) is 5.22. The molecule has 0 unspecified atom stereocenters. The Labute approximate surface area is 210 Å². The van der Waals surface area contributed by atoms with Crippen LogP contribution in [-0.2, 0) is 32.6 Å². The van der Waals surface area contributed by atoms with Gasteiger partial charge in [-0.1, -0.05) is 69.4 Å². The first-order chi connectivity index (χ1) is 16.4. The summed E-state index contributed by atoms with van der Waals surface area (Å²) in [6.07, 6.45) is 6.04. The van der Waals surface area contributed by atoms with E-state index in [1.54, 1.807) is 23.3 Å². The minimum absolute atomic E-state index is 0.0684. The molecule has 190 valence electrons. The van der Waals surface area contributed by atoms with Crippen molar-refractivity contribution in [3.63, 3.8) is 0 Å². The molecule has 0 atom stereocenters. The van der Waals surface area contributed by atoms with E-state index < -0.39 is 10.0 Å². The Balaban J connectivity index is 2.09. The average Bonchev–Trinajstić information content (AvgIpc) is 3.23. The van der Waals surface area contributed by atoms with Crippen LogP contribution in [0.1, 0.15) is 60.8 Å². The van der Waals surface area contributed by atoms with Gasteiger partial charge in [-0.15, -0.1) is 11.3 Å². The molecule has 6 nitrogen and oxygen atoms in total. The fourth-order valence-electron chi connectivity index (χ4n) is 3.75. The average molecular weight is 509 g/mol. The standard InChI is InChI=1S/C26H40N2O4S2/c1-4-5-6-7-8-12-19-34(30,31)28(17-18-32-3)22-26(29)27(20-24-13-10-9-11-14-24)21-25-16-15-23(2)33-25/h9-11,13-16H,4-8,12,17-22H2,1-3H3. The van der Waals surface area contributed by atoms with Crippen LogP contribution < -0.4 is 0 Å². The van der Waals surface area contributed by atoms with Crippen molar-refractivity contribution in [3.8, 4) is 0 Å². The summed E-state index contributed by atoms with van der Waals surface area (Å²) in [6, 6.07) is 13.9. The fraction of sp³-hybridized carbons (Fsp3) is 0.577. The van der Waals surface area contributed by atoms with Gasteiger partial charge in [0.2, 0.25) is 15.9 Å². The van der Waals surface area contributed by atoms with Crippen LogP contribution >= 0.6 is 11.3 Å². The van der Waals surface area contributed by atoms with Gasteiger partial charge in [-0.3, -0.25) is 4.79 Å². The molecule has 0 fully saturated rings. The van der Waals surface area contributed by atoms with Gasteiger partial charge in [-0.05, 0) is 31.0 Å². The van der Waals surface area contributed by atoms with Gasteiger partial charge >= 0.3 is 0 Å². The number of carbonyl (C=O) groups is 1. The van der Waals surface area contributed by atoms with Gasteiger partial charge in [0.1, 0.15) is 0 Å². The zero-order chi connectivity index (χ0) is 24.8. The van der Waals surface area contributed by atoms with Gasteiger partial charge in [-0.2, -0.15) is 4.31 Å². The highest BCUT2D eigenvalue weighted by molar-refractivity contribution is 7.89. The number of methoxy groups -OCH3 is 1. The Kier molecular flexibility index (Phi) is 12.8. The van der Waals surface area contributed by atoms with Crippen molar-refractivity contribution < 1.29 is 17.9 Å². The van der Waals surface area contributed by atoms with Crippen molar-refractivity contribution in [2.75, 3.05) is 32.6 Å². The van der Waals surface area contributed by atoms with Crippen molar-refractivity contribution in [2.45, 2.75) is 65.5 Å². The van der Waals surface area contributed by atoms with Crippen LogP contribution in [0.2, 0.25) is 0 Å². The first kappa shape index (κ1) is 28.5. The molecule has 2 rings (SSSR count). The monoisotopic (exact) mass is 508 g/mol. The molecule has 0 bridgehead atoms. The summed E-state index contributed by atoms with van der Waals surface area (Å²) >= 11 is 1.66. The van der Waals surface area contributed by atoms with Crippen LogP contribution in [0.25, 0.3) is 0 Å². The molecule has 1 amide bonds. The quantitative estimate of drug-likeness (QED) is 0.275. The summed E-state index contributed by atoms with van der Waals surface area (Å²) in [5.74, 6) is -0.128. The number of ether oxygens (including phenoxy) is 1. The second-order valence-electron chi connectivity index (χ2n) is 8.66. The van der Waals surface area contributed by atoms with Gasteiger partial charge in [0.25, 0.3) is 0 Å². The summed E-state index contributed by atoms with van der Waals surface area (Å²) in [4.78, 5) is 17.4. The van der Waals surface area contributed by atoms with Gasteiger partial charge in [-0.25, -0.2) is 8.42 Å². The molecule has 2 aromatic rings. The molecule has 0 saturated carbocycles. The Bertz CT molecular complexity index is 945. The number of nitrogens with zero attached hydrogens (tertiary/aromatic N) is 2. The van der Waals surface area contributed by atoms with Gasteiger partial charge in [0.05, 0.1) is 25.4 Å². The maximum atomic E-state index is 13.4. The molecule has 1 heterocycles. The van der Waals surface area contributed by atoms with E-state index in [4.69, 9.17) is 4.74 Å². The molecular formula is C26H40N2O4S2.